The van der Waals surface area contributed by atoms with Gasteiger partial charge < -0.3 is 14.2 Å². The van der Waals surface area contributed by atoms with Crippen molar-refractivity contribution in [1.82, 2.24) is 19.7 Å². The highest BCUT2D eigenvalue weighted by Gasteiger charge is 2.32. The zero-order chi connectivity index (χ0) is 18.2. The molecule has 0 bridgehead atoms. The Kier molecular flexibility index (Phi) is 4.57. The number of thiazole rings is 1. The van der Waals surface area contributed by atoms with Gasteiger partial charge in [0.05, 0.1) is 11.6 Å². The number of aryl methyl sites for hydroxylation is 1. The van der Waals surface area contributed by atoms with Crippen LogP contribution in [0.15, 0.2) is 32.9 Å². The van der Waals surface area contributed by atoms with E-state index in [2.05, 4.69) is 29.0 Å². The molecule has 0 aromatic carbocycles. The molecule has 0 aliphatic heterocycles. The van der Waals surface area contributed by atoms with Crippen LogP contribution in [0.4, 0.5) is 0 Å². The summed E-state index contributed by atoms with van der Waals surface area (Å²) in [4.78, 5) is 20.8. The van der Waals surface area contributed by atoms with Crippen LogP contribution in [0.1, 0.15) is 43.3 Å². The molecule has 0 aliphatic carbocycles. The minimum atomic E-state index is -1.47. The maximum absolute atomic E-state index is 12.0. The van der Waals surface area contributed by atoms with Crippen molar-refractivity contribution in [3.63, 3.8) is 0 Å². The van der Waals surface area contributed by atoms with Gasteiger partial charge in [0.15, 0.2) is 5.60 Å². The number of nitrogens with zero attached hydrogens (tertiary/aromatic N) is 4. The molecule has 0 fully saturated rings. The van der Waals surface area contributed by atoms with Gasteiger partial charge in [0, 0.05) is 23.1 Å². The zero-order valence-electron chi connectivity index (χ0n) is 14.6. The zero-order valence-corrected chi connectivity index (χ0v) is 15.4. The number of hydrogen-bond donors (Lipinski definition) is 1. The summed E-state index contributed by atoms with van der Waals surface area (Å²) >= 11 is 1.54. The molecule has 132 valence electrons. The van der Waals surface area contributed by atoms with Crippen LogP contribution in [0.5, 0.6) is 0 Å². The lowest BCUT2D eigenvalue weighted by atomic mass is 10.1. The predicted molar refractivity (Wildman–Crippen MR) is 94.5 cm³/mol. The van der Waals surface area contributed by atoms with E-state index in [9.17, 15) is 9.90 Å². The molecule has 3 heterocycles. The molecule has 8 heteroatoms. The molecule has 0 aliphatic rings. The molecule has 3 rings (SSSR count). The van der Waals surface area contributed by atoms with Gasteiger partial charge in [-0.05, 0) is 19.9 Å². The highest BCUT2D eigenvalue weighted by molar-refractivity contribution is 7.10. The molecule has 0 saturated carbocycles. The van der Waals surface area contributed by atoms with Crippen LogP contribution in [0, 0.1) is 6.92 Å². The molecular formula is C17H20N4O3S. The van der Waals surface area contributed by atoms with Gasteiger partial charge in [-0.2, -0.15) is 4.98 Å². The minimum absolute atomic E-state index is 0.0223. The van der Waals surface area contributed by atoms with E-state index in [1.54, 1.807) is 26.0 Å². The lowest BCUT2D eigenvalue weighted by Gasteiger charge is -2.21. The van der Waals surface area contributed by atoms with E-state index >= 15 is 0 Å². The lowest BCUT2D eigenvalue weighted by molar-refractivity contribution is 0.00479. The van der Waals surface area contributed by atoms with Gasteiger partial charge in [-0.15, -0.1) is 11.3 Å². The van der Waals surface area contributed by atoms with E-state index in [-0.39, 0.29) is 18.0 Å². The highest BCUT2D eigenvalue weighted by atomic mass is 32.1. The van der Waals surface area contributed by atoms with Crippen molar-refractivity contribution in [2.45, 2.75) is 45.8 Å². The van der Waals surface area contributed by atoms with Crippen LogP contribution in [-0.2, 0) is 12.1 Å². The van der Waals surface area contributed by atoms with Crippen molar-refractivity contribution in [3.05, 3.63) is 50.5 Å². The van der Waals surface area contributed by atoms with Crippen LogP contribution in [0.2, 0.25) is 0 Å². The number of aromatic nitrogens is 4. The molecule has 3 aromatic rings. The average Bonchev–Trinajstić information content (AvgIpc) is 3.19. The number of rotatable bonds is 5. The standard InChI is InChI=1S/C17H20N4O3S/c1-10(2)15-18-12(8-25-15)14-19-16(24-20-14)17(4,23)9-21-11(3)6-5-7-13(21)22/h5-8,10,23H,9H2,1-4H3. The van der Waals surface area contributed by atoms with Crippen molar-refractivity contribution < 1.29 is 9.63 Å². The smallest absolute Gasteiger partial charge is 0.260 e. The Morgan fingerprint density at radius 2 is 2.12 bits per heavy atom. The summed E-state index contributed by atoms with van der Waals surface area (Å²) < 4.78 is 6.72. The van der Waals surface area contributed by atoms with Crippen molar-refractivity contribution in [1.29, 1.82) is 0 Å². The van der Waals surface area contributed by atoms with Gasteiger partial charge in [-0.25, -0.2) is 4.98 Å². The number of pyridine rings is 1. The van der Waals surface area contributed by atoms with Crippen LogP contribution in [-0.4, -0.2) is 24.8 Å². The molecular weight excluding hydrogens is 340 g/mol. The minimum Gasteiger partial charge on any atom is -0.378 e. The second-order valence-corrected chi connectivity index (χ2v) is 7.40. The Balaban J connectivity index is 1.88. The molecule has 0 saturated heterocycles. The molecule has 0 amide bonds. The summed E-state index contributed by atoms with van der Waals surface area (Å²) in [7, 11) is 0. The molecule has 1 N–H and O–H groups in total. The van der Waals surface area contributed by atoms with Crippen LogP contribution in [0.3, 0.4) is 0 Å². The third-order valence-electron chi connectivity index (χ3n) is 3.87. The molecule has 1 atom stereocenters. The van der Waals surface area contributed by atoms with Gasteiger partial charge in [0.1, 0.15) is 5.69 Å². The van der Waals surface area contributed by atoms with Crippen molar-refractivity contribution >= 4 is 11.3 Å². The Morgan fingerprint density at radius 3 is 2.76 bits per heavy atom. The first-order valence-electron chi connectivity index (χ1n) is 7.97. The maximum Gasteiger partial charge on any atom is 0.260 e. The lowest BCUT2D eigenvalue weighted by Crippen LogP contribution is -2.34. The molecule has 0 radical (unpaired) electrons. The largest absolute Gasteiger partial charge is 0.378 e. The van der Waals surface area contributed by atoms with Crippen molar-refractivity contribution in [2.75, 3.05) is 0 Å². The fourth-order valence-electron chi connectivity index (χ4n) is 2.40. The van der Waals surface area contributed by atoms with Gasteiger partial charge in [-0.3, -0.25) is 4.79 Å². The normalized spacial score (nSPS) is 14.0. The first-order valence-corrected chi connectivity index (χ1v) is 8.85. The van der Waals surface area contributed by atoms with Gasteiger partial charge in [-0.1, -0.05) is 25.1 Å². The van der Waals surface area contributed by atoms with E-state index in [4.69, 9.17) is 4.52 Å². The van der Waals surface area contributed by atoms with E-state index in [1.807, 2.05) is 5.38 Å². The van der Waals surface area contributed by atoms with E-state index in [1.165, 1.54) is 22.0 Å². The second-order valence-electron chi connectivity index (χ2n) is 6.51. The van der Waals surface area contributed by atoms with Gasteiger partial charge >= 0.3 is 0 Å². The Labute approximate surface area is 149 Å². The Hall–Kier alpha value is -2.32. The summed E-state index contributed by atoms with van der Waals surface area (Å²) in [5.74, 6) is 0.702. The first-order chi connectivity index (χ1) is 11.8. The average molecular weight is 360 g/mol. The molecule has 3 aromatic heterocycles. The molecule has 25 heavy (non-hydrogen) atoms. The first kappa shape index (κ1) is 17.5. The third kappa shape index (κ3) is 3.54. The summed E-state index contributed by atoms with van der Waals surface area (Å²) in [5, 5.41) is 17.5. The van der Waals surface area contributed by atoms with E-state index < -0.39 is 5.60 Å². The monoisotopic (exact) mass is 360 g/mol. The molecule has 0 spiro atoms. The van der Waals surface area contributed by atoms with Crippen LogP contribution >= 0.6 is 11.3 Å². The Bertz CT molecular complexity index is 939. The van der Waals surface area contributed by atoms with Crippen LogP contribution in [0.25, 0.3) is 11.5 Å². The van der Waals surface area contributed by atoms with Crippen molar-refractivity contribution in [2.24, 2.45) is 0 Å². The number of hydrogen-bond acceptors (Lipinski definition) is 7. The SMILES string of the molecule is Cc1cccc(=O)n1CC(C)(O)c1nc(-c2csc(C(C)C)n2)no1. The molecule has 1 unspecified atom stereocenters. The van der Waals surface area contributed by atoms with E-state index in [0.29, 0.717) is 17.4 Å². The molecule has 7 nitrogen and oxygen atoms in total. The van der Waals surface area contributed by atoms with Crippen molar-refractivity contribution in [3.8, 4) is 11.5 Å². The second kappa shape index (κ2) is 6.53. The number of aliphatic hydroxyl groups is 1. The fourth-order valence-corrected chi connectivity index (χ4v) is 3.22. The van der Waals surface area contributed by atoms with Gasteiger partial charge in [0.25, 0.3) is 11.4 Å². The maximum atomic E-state index is 12.0. The summed E-state index contributed by atoms with van der Waals surface area (Å²) in [6.45, 7) is 7.50. The third-order valence-corrected chi connectivity index (χ3v) is 5.01. The summed E-state index contributed by atoms with van der Waals surface area (Å²) in [5.41, 5.74) is -0.305. The van der Waals surface area contributed by atoms with Crippen LogP contribution < -0.4 is 5.56 Å². The quantitative estimate of drug-likeness (QED) is 0.752. The summed E-state index contributed by atoms with van der Waals surface area (Å²) in [6.07, 6.45) is 0. The van der Waals surface area contributed by atoms with Gasteiger partial charge in [0.2, 0.25) is 5.82 Å². The fraction of sp³-hybridized carbons (Fsp3) is 0.412. The predicted octanol–water partition coefficient (Wildman–Crippen LogP) is 2.69. The highest BCUT2D eigenvalue weighted by Crippen LogP contribution is 2.27. The Morgan fingerprint density at radius 1 is 1.36 bits per heavy atom. The summed E-state index contributed by atoms with van der Waals surface area (Å²) in [6, 6.07) is 4.94. The van der Waals surface area contributed by atoms with E-state index in [0.717, 1.165) is 10.7 Å². The topological polar surface area (TPSA) is 94.0 Å².